The maximum atomic E-state index is 14.8. The Labute approximate surface area is 217 Å². The molecule has 2 aromatic rings. The van der Waals surface area contributed by atoms with Crippen LogP contribution in [0.5, 0.6) is 11.5 Å². The Hall–Kier alpha value is -2.93. The molecule has 2 atom stereocenters. The minimum atomic E-state index is -0.515. The van der Waals surface area contributed by atoms with Gasteiger partial charge in [-0.15, -0.1) is 0 Å². The summed E-state index contributed by atoms with van der Waals surface area (Å²) < 4.78 is 30.7. The standard InChI is InChI=1S/C24H26FNO3.C6H10O2/c1-23(2,3)21-9-15-8-14(17(25)12-18(15)26-21)10-22(27)24(6-7-24)16-4-5-19-20(11-16)29-13-28-19;7-4-6-2-1-3-8-5-6/h4-5,8,11-12,21,26H,6-7,9-10,13H2,1-3H3;4,6H,1-3,5H2. The van der Waals surface area contributed by atoms with E-state index in [1.165, 1.54) is 0 Å². The normalized spacial score (nSPS) is 22.8. The van der Waals surface area contributed by atoms with E-state index in [9.17, 15) is 14.0 Å². The lowest BCUT2D eigenvalue weighted by Crippen LogP contribution is -2.31. The van der Waals surface area contributed by atoms with Crippen LogP contribution >= 0.6 is 0 Å². The van der Waals surface area contributed by atoms with Gasteiger partial charge in [0.1, 0.15) is 17.9 Å². The maximum absolute atomic E-state index is 14.8. The van der Waals surface area contributed by atoms with E-state index in [4.69, 9.17) is 14.2 Å². The van der Waals surface area contributed by atoms with Crippen molar-refractivity contribution in [3.63, 3.8) is 0 Å². The number of anilines is 1. The van der Waals surface area contributed by atoms with Crippen molar-refractivity contribution < 1.29 is 28.2 Å². The van der Waals surface area contributed by atoms with Crippen molar-refractivity contribution in [2.75, 3.05) is 25.3 Å². The Balaban J connectivity index is 0.000000301. The molecule has 2 unspecified atom stereocenters. The van der Waals surface area contributed by atoms with Crippen LogP contribution in [-0.4, -0.2) is 38.1 Å². The Morgan fingerprint density at radius 3 is 2.59 bits per heavy atom. The SMILES string of the molecule is CC(C)(C)C1Cc2cc(CC(=O)C3(c4ccc5c(c4)OCO5)CC3)c(F)cc2N1.O=CC1CCCOC1. The topological polar surface area (TPSA) is 73.9 Å². The molecule has 1 N–H and O–H groups in total. The van der Waals surface area contributed by atoms with Crippen molar-refractivity contribution in [1.82, 2.24) is 0 Å². The second-order valence-electron chi connectivity index (χ2n) is 11.7. The van der Waals surface area contributed by atoms with Crippen molar-refractivity contribution in [2.24, 2.45) is 11.3 Å². The summed E-state index contributed by atoms with van der Waals surface area (Å²) in [5, 5.41) is 3.44. The number of hydrogen-bond acceptors (Lipinski definition) is 6. The number of nitrogens with one attached hydrogen (secondary N) is 1. The fourth-order valence-electron chi connectivity index (χ4n) is 5.35. The molecule has 37 heavy (non-hydrogen) atoms. The molecule has 1 aliphatic carbocycles. The zero-order valence-corrected chi connectivity index (χ0v) is 21.9. The van der Waals surface area contributed by atoms with E-state index in [-0.39, 0.29) is 42.2 Å². The van der Waals surface area contributed by atoms with E-state index in [2.05, 4.69) is 26.1 Å². The fraction of sp³-hybridized carbons (Fsp3) is 0.533. The van der Waals surface area contributed by atoms with E-state index in [1.54, 1.807) is 6.07 Å². The number of carbonyl (C=O) groups excluding carboxylic acids is 2. The monoisotopic (exact) mass is 509 g/mol. The number of rotatable bonds is 5. The average molecular weight is 510 g/mol. The highest BCUT2D eigenvalue weighted by molar-refractivity contribution is 5.95. The highest BCUT2D eigenvalue weighted by Crippen LogP contribution is 2.51. The van der Waals surface area contributed by atoms with Gasteiger partial charge in [0.15, 0.2) is 11.5 Å². The van der Waals surface area contributed by atoms with E-state index in [0.717, 1.165) is 61.8 Å². The van der Waals surface area contributed by atoms with Gasteiger partial charge in [-0.2, -0.15) is 0 Å². The molecular formula is C30H36FNO5. The fourth-order valence-corrected chi connectivity index (χ4v) is 5.35. The van der Waals surface area contributed by atoms with Gasteiger partial charge in [0.05, 0.1) is 12.0 Å². The predicted molar refractivity (Wildman–Crippen MR) is 139 cm³/mol. The zero-order chi connectivity index (χ0) is 26.2. The van der Waals surface area contributed by atoms with E-state index >= 15 is 0 Å². The van der Waals surface area contributed by atoms with Crippen molar-refractivity contribution in [3.05, 3.63) is 52.8 Å². The molecule has 2 fully saturated rings. The highest BCUT2D eigenvalue weighted by Gasteiger charge is 2.51. The third-order valence-electron chi connectivity index (χ3n) is 8.02. The Bertz CT molecular complexity index is 1180. The number of ether oxygens (including phenoxy) is 3. The first-order valence-electron chi connectivity index (χ1n) is 13.2. The Morgan fingerprint density at radius 1 is 1.16 bits per heavy atom. The molecule has 0 amide bonds. The molecule has 3 heterocycles. The summed E-state index contributed by atoms with van der Waals surface area (Å²) >= 11 is 0. The molecule has 1 saturated heterocycles. The van der Waals surface area contributed by atoms with Crippen LogP contribution in [0.2, 0.25) is 0 Å². The van der Waals surface area contributed by atoms with Crippen LogP contribution < -0.4 is 14.8 Å². The van der Waals surface area contributed by atoms with Crippen LogP contribution in [-0.2, 0) is 32.6 Å². The molecule has 6 rings (SSSR count). The first-order valence-corrected chi connectivity index (χ1v) is 13.2. The largest absolute Gasteiger partial charge is 0.454 e. The lowest BCUT2D eigenvalue weighted by molar-refractivity contribution is -0.121. The minimum absolute atomic E-state index is 0.0774. The van der Waals surface area contributed by atoms with E-state index < -0.39 is 5.41 Å². The number of aldehydes is 1. The number of Topliss-reactive ketones (excluding diaryl/α,β-unsaturated/α-hetero) is 1. The van der Waals surface area contributed by atoms with Crippen molar-refractivity contribution in [1.29, 1.82) is 0 Å². The molecule has 1 saturated carbocycles. The maximum Gasteiger partial charge on any atom is 0.231 e. The van der Waals surface area contributed by atoms with Crippen molar-refractivity contribution in [2.45, 2.75) is 70.8 Å². The number of benzene rings is 2. The summed E-state index contributed by atoms with van der Waals surface area (Å²) in [5.41, 5.74) is 2.97. The average Bonchev–Trinajstić information content (AvgIpc) is 3.37. The second-order valence-corrected chi connectivity index (χ2v) is 11.7. The number of hydrogen-bond donors (Lipinski definition) is 1. The molecule has 0 radical (unpaired) electrons. The second kappa shape index (κ2) is 10.1. The van der Waals surface area contributed by atoms with Gasteiger partial charge in [0.25, 0.3) is 0 Å². The summed E-state index contributed by atoms with van der Waals surface area (Å²) in [6.45, 7) is 8.23. The van der Waals surface area contributed by atoms with Gasteiger partial charge in [-0.1, -0.05) is 32.9 Å². The number of carbonyl (C=O) groups is 2. The quantitative estimate of drug-likeness (QED) is 0.545. The molecule has 3 aliphatic heterocycles. The van der Waals surface area contributed by atoms with Gasteiger partial charge >= 0.3 is 0 Å². The minimum Gasteiger partial charge on any atom is -0.454 e. The third-order valence-corrected chi connectivity index (χ3v) is 8.02. The predicted octanol–water partition coefficient (Wildman–Crippen LogP) is 5.39. The number of ketones is 1. The molecule has 6 nitrogen and oxygen atoms in total. The first-order chi connectivity index (χ1) is 17.7. The summed E-state index contributed by atoms with van der Waals surface area (Å²) in [6, 6.07) is 9.42. The van der Waals surface area contributed by atoms with Gasteiger partial charge < -0.3 is 24.3 Å². The van der Waals surface area contributed by atoms with Crippen LogP contribution in [0.3, 0.4) is 0 Å². The molecule has 4 aliphatic rings. The van der Waals surface area contributed by atoms with Gasteiger partial charge in [0.2, 0.25) is 6.79 Å². The molecule has 2 aromatic carbocycles. The summed E-state index contributed by atoms with van der Waals surface area (Å²) in [4.78, 5) is 23.3. The van der Waals surface area contributed by atoms with Crippen LogP contribution in [0, 0.1) is 17.2 Å². The van der Waals surface area contributed by atoms with Crippen LogP contribution in [0.15, 0.2) is 30.3 Å². The molecule has 198 valence electrons. The molecule has 7 heteroatoms. The lowest BCUT2D eigenvalue weighted by Gasteiger charge is -2.27. The molecule has 0 aromatic heterocycles. The Morgan fingerprint density at radius 2 is 1.95 bits per heavy atom. The van der Waals surface area contributed by atoms with Crippen molar-refractivity contribution in [3.8, 4) is 11.5 Å². The number of fused-ring (bicyclic) bond motifs is 2. The van der Waals surface area contributed by atoms with Gasteiger partial charge in [-0.25, -0.2) is 4.39 Å². The van der Waals surface area contributed by atoms with Gasteiger partial charge in [0, 0.05) is 30.7 Å². The van der Waals surface area contributed by atoms with Crippen LogP contribution in [0.25, 0.3) is 0 Å². The zero-order valence-electron chi connectivity index (χ0n) is 21.9. The molecular weight excluding hydrogens is 473 g/mol. The molecule has 0 bridgehead atoms. The summed E-state index contributed by atoms with van der Waals surface area (Å²) in [7, 11) is 0. The van der Waals surface area contributed by atoms with Gasteiger partial charge in [-0.05, 0) is 72.4 Å². The molecule has 0 spiro atoms. The Kier molecular flexibility index (Phi) is 7.01. The first kappa shape index (κ1) is 25.7. The highest BCUT2D eigenvalue weighted by atomic mass is 19.1. The summed E-state index contributed by atoms with van der Waals surface area (Å²) in [6.07, 6.45) is 5.62. The number of halogens is 1. The third kappa shape index (κ3) is 5.37. The van der Waals surface area contributed by atoms with E-state index in [0.29, 0.717) is 23.7 Å². The summed E-state index contributed by atoms with van der Waals surface area (Å²) in [5.74, 6) is 1.35. The lowest BCUT2D eigenvalue weighted by atomic mass is 9.84. The van der Waals surface area contributed by atoms with Crippen LogP contribution in [0.4, 0.5) is 10.1 Å². The smallest absolute Gasteiger partial charge is 0.231 e. The van der Waals surface area contributed by atoms with Crippen LogP contribution in [0.1, 0.15) is 63.1 Å². The van der Waals surface area contributed by atoms with E-state index in [1.807, 2.05) is 24.3 Å². The van der Waals surface area contributed by atoms with Crippen molar-refractivity contribution >= 4 is 17.8 Å². The van der Waals surface area contributed by atoms with Gasteiger partial charge in [-0.3, -0.25) is 4.79 Å².